The minimum Gasteiger partial charge on any atom is -0.267 e. The third-order valence-electron chi connectivity index (χ3n) is 2.86. The highest BCUT2D eigenvalue weighted by Gasteiger charge is 2.12. The molecule has 0 saturated heterocycles. The summed E-state index contributed by atoms with van der Waals surface area (Å²) in [6.45, 7) is 2.68. The number of rotatable bonds is 2. The zero-order chi connectivity index (χ0) is 12.5. The van der Waals surface area contributed by atoms with Gasteiger partial charge in [-0.1, -0.05) is 23.4 Å². The van der Waals surface area contributed by atoms with Crippen molar-refractivity contribution in [3.8, 4) is 11.4 Å². The van der Waals surface area contributed by atoms with Crippen LogP contribution in [0.15, 0.2) is 35.3 Å². The van der Waals surface area contributed by atoms with Crippen LogP contribution in [0.5, 0.6) is 0 Å². The van der Waals surface area contributed by atoms with Gasteiger partial charge >= 0.3 is 0 Å². The molecule has 3 rings (SSSR count). The highest BCUT2D eigenvalue weighted by Crippen LogP contribution is 2.22. The van der Waals surface area contributed by atoms with Crippen LogP contribution in [0, 0.1) is 0 Å². The number of aryl methyl sites for hydroxylation is 1. The largest absolute Gasteiger partial charge is 0.272 e. The molecule has 0 aliphatic carbocycles. The van der Waals surface area contributed by atoms with Crippen molar-refractivity contribution in [2.24, 2.45) is 0 Å². The maximum absolute atomic E-state index is 11.7. The monoisotopic (exact) mass is 241 g/mol. The molecule has 1 aromatic carbocycles. The van der Waals surface area contributed by atoms with Crippen LogP contribution in [0.2, 0.25) is 0 Å². The minimum atomic E-state index is -0.190. The number of H-pyrrole nitrogens is 1. The zero-order valence-corrected chi connectivity index (χ0v) is 9.79. The molecule has 2 aromatic heterocycles. The van der Waals surface area contributed by atoms with Crippen molar-refractivity contribution >= 4 is 10.8 Å². The molecule has 0 aliphatic heterocycles. The molecule has 3 aromatic rings. The number of benzene rings is 1. The smallest absolute Gasteiger partial charge is 0.267 e. The Labute approximate surface area is 102 Å². The molecule has 18 heavy (non-hydrogen) atoms. The second-order valence-corrected chi connectivity index (χ2v) is 3.88. The second-order valence-electron chi connectivity index (χ2n) is 3.88. The molecule has 0 unspecified atom stereocenters. The number of nitrogens with zero attached hydrogens (tertiary/aromatic N) is 4. The fraction of sp³-hybridized carbons (Fsp3) is 0.167. The molecule has 90 valence electrons. The molecule has 0 aliphatic rings. The highest BCUT2D eigenvalue weighted by atomic mass is 16.1. The number of nitrogens with one attached hydrogen (secondary N) is 1. The van der Waals surface area contributed by atoms with E-state index in [0.717, 1.165) is 11.1 Å². The summed E-state index contributed by atoms with van der Waals surface area (Å²) < 4.78 is 1.74. The fourth-order valence-electron chi connectivity index (χ4n) is 1.98. The van der Waals surface area contributed by atoms with E-state index in [0.29, 0.717) is 17.6 Å². The topological polar surface area (TPSA) is 76.5 Å². The van der Waals surface area contributed by atoms with Crippen LogP contribution in [0.3, 0.4) is 0 Å². The van der Waals surface area contributed by atoms with Crippen LogP contribution in [0.1, 0.15) is 6.92 Å². The van der Waals surface area contributed by atoms with Crippen molar-refractivity contribution < 1.29 is 0 Å². The average Bonchev–Trinajstić information content (AvgIpc) is 2.88. The summed E-state index contributed by atoms with van der Waals surface area (Å²) in [5.41, 5.74) is 1.30. The first-order valence-corrected chi connectivity index (χ1v) is 5.67. The standard InChI is InChI=1S/C12H11N5O/c1-2-17-10(7-13-16-17)11-8-5-3-4-6-9(8)12(18)15-14-11/h3-7H,2H2,1H3,(H,15,18). The Morgan fingerprint density at radius 1 is 1.28 bits per heavy atom. The number of aromatic nitrogens is 5. The molecule has 0 spiro atoms. The number of hydrogen-bond donors (Lipinski definition) is 1. The van der Waals surface area contributed by atoms with Crippen LogP contribution in [0.25, 0.3) is 22.2 Å². The predicted octanol–water partition coefficient (Wildman–Crippen LogP) is 1.20. The molecule has 6 nitrogen and oxygen atoms in total. The van der Waals surface area contributed by atoms with Gasteiger partial charge in [0.1, 0.15) is 11.4 Å². The lowest BCUT2D eigenvalue weighted by Gasteiger charge is -2.05. The Kier molecular flexibility index (Phi) is 2.40. The van der Waals surface area contributed by atoms with Crippen molar-refractivity contribution in [2.45, 2.75) is 13.5 Å². The lowest BCUT2D eigenvalue weighted by atomic mass is 10.1. The molecule has 1 N–H and O–H groups in total. The van der Waals surface area contributed by atoms with E-state index in [-0.39, 0.29) is 5.56 Å². The second kappa shape index (κ2) is 4.06. The average molecular weight is 241 g/mol. The van der Waals surface area contributed by atoms with E-state index in [2.05, 4.69) is 20.5 Å². The quantitative estimate of drug-likeness (QED) is 0.731. The van der Waals surface area contributed by atoms with Gasteiger partial charge in [-0.3, -0.25) is 4.79 Å². The Hall–Kier alpha value is -2.50. The van der Waals surface area contributed by atoms with Crippen molar-refractivity contribution in [1.82, 2.24) is 25.2 Å². The molecule has 0 radical (unpaired) electrons. The molecule has 0 fully saturated rings. The van der Waals surface area contributed by atoms with E-state index in [1.807, 2.05) is 25.1 Å². The van der Waals surface area contributed by atoms with Gasteiger partial charge < -0.3 is 0 Å². The Bertz CT molecular complexity index is 758. The molecular weight excluding hydrogens is 230 g/mol. The third-order valence-corrected chi connectivity index (χ3v) is 2.86. The van der Waals surface area contributed by atoms with Gasteiger partial charge in [0.15, 0.2) is 0 Å². The number of aromatic amines is 1. The summed E-state index contributed by atoms with van der Waals surface area (Å²) in [5.74, 6) is 0. The van der Waals surface area contributed by atoms with Crippen molar-refractivity contribution in [1.29, 1.82) is 0 Å². The van der Waals surface area contributed by atoms with Crippen molar-refractivity contribution in [3.63, 3.8) is 0 Å². The molecule has 0 saturated carbocycles. The summed E-state index contributed by atoms with van der Waals surface area (Å²) in [4.78, 5) is 11.7. The van der Waals surface area contributed by atoms with Crippen LogP contribution < -0.4 is 5.56 Å². The van der Waals surface area contributed by atoms with Crippen LogP contribution in [-0.2, 0) is 6.54 Å². The van der Waals surface area contributed by atoms with E-state index in [9.17, 15) is 4.79 Å². The van der Waals surface area contributed by atoms with E-state index < -0.39 is 0 Å². The summed E-state index contributed by atoms with van der Waals surface area (Å²) in [5, 5.41) is 15.9. The van der Waals surface area contributed by atoms with E-state index in [1.165, 1.54) is 0 Å². The Morgan fingerprint density at radius 2 is 2.06 bits per heavy atom. The highest BCUT2D eigenvalue weighted by molar-refractivity contribution is 5.92. The molecule has 2 heterocycles. The summed E-state index contributed by atoms with van der Waals surface area (Å²) in [7, 11) is 0. The predicted molar refractivity (Wildman–Crippen MR) is 67.1 cm³/mol. The van der Waals surface area contributed by atoms with Gasteiger partial charge in [-0.05, 0) is 13.0 Å². The van der Waals surface area contributed by atoms with Gasteiger partial charge in [-0.2, -0.15) is 5.10 Å². The molecular formula is C12H11N5O. The SMILES string of the molecule is CCn1nncc1-c1n[nH]c(=O)c2ccccc12. The molecule has 6 heteroatoms. The van der Waals surface area contributed by atoms with Gasteiger partial charge in [-0.15, -0.1) is 5.10 Å². The van der Waals surface area contributed by atoms with E-state index >= 15 is 0 Å². The lowest BCUT2D eigenvalue weighted by molar-refractivity contribution is 0.631. The Morgan fingerprint density at radius 3 is 2.83 bits per heavy atom. The van der Waals surface area contributed by atoms with E-state index in [4.69, 9.17) is 0 Å². The van der Waals surface area contributed by atoms with Gasteiger partial charge in [0, 0.05) is 11.9 Å². The third kappa shape index (κ3) is 1.50. The molecule has 0 bridgehead atoms. The van der Waals surface area contributed by atoms with Crippen molar-refractivity contribution in [2.75, 3.05) is 0 Å². The summed E-state index contributed by atoms with van der Waals surface area (Å²) in [6.07, 6.45) is 1.65. The van der Waals surface area contributed by atoms with Gasteiger partial charge in [0.25, 0.3) is 5.56 Å². The normalized spacial score (nSPS) is 10.9. The Balaban J connectivity index is 2.37. The van der Waals surface area contributed by atoms with Gasteiger partial charge in [0.2, 0.25) is 0 Å². The molecule has 0 atom stereocenters. The number of fused-ring (bicyclic) bond motifs is 1. The van der Waals surface area contributed by atoms with E-state index in [1.54, 1.807) is 16.9 Å². The van der Waals surface area contributed by atoms with Crippen LogP contribution in [-0.4, -0.2) is 25.2 Å². The zero-order valence-electron chi connectivity index (χ0n) is 9.79. The number of hydrogen-bond acceptors (Lipinski definition) is 4. The van der Waals surface area contributed by atoms with Gasteiger partial charge in [-0.25, -0.2) is 9.78 Å². The summed E-state index contributed by atoms with van der Waals surface area (Å²) in [6, 6.07) is 7.36. The first kappa shape index (κ1) is 10.6. The minimum absolute atomic E-state index is 0.190. The van der Waals surface area contributed by atoms with Crippen molar-refractivity contribution in [3.05, 3.63) is 40.8 Å². The summed E-state index contributed by atoms with van der Waals surface area (Å²) >= 11 is 0. The van der Waals surface area contributed by atoms with Crippen LogP contribution >= 0.6 is 0 Å². The van der Waals surface area contributed by atoms with Gasteiger partial charge in [0.05, 0.1) is 11.6 Å². The first-order valence-electron chi connectivity index (χ1n) is 5.67. The van der Waals surface area contributed by atoms with Crippen LogP contribution in [0.4, 0.5) is 0 Å². The maximum atomic E-state index is 11.7. The fourth-order valence-corrected chi connectivity index (χ4v) is 1.98. The first-order chi connectivity index (χ1) is 8.81. The molecule has 0 amide bonds. The maximum Gasteiger partial charge on any atom is 0.272 e. The lowest BCUT2D eigenvalue weighted by Crippen LogP contribution is -2.10.